The van der Waals surface area contributed by atoms with Crippen LogP contribution in [0.3, 0.4) is 0 Å². The first-order valence-electron chi connectivity index (χ1n) is 31.7. The van der Waals surface area contributed by atoms with E-state index in [1.54, 1.807) is 6.08 Å². The summed E-state index contributed by atoms with van der Waals surface area (Å²) < 4.78 is 0. The lowest BCUT2D eigenvalue weighted by Gasteiger charge is -2.20. The first kappa shape index (κ1) is 67.6. The minimum atomic E-state index is -0.840. The van der Waals surface area contributed by atoms with Crippen molar-refractivity contribution < 1.29 is 15.0 Å². The van der Waals surface area contributed by atoms with E-state index in [0.29, 0.717) is 6.42 Å². The molecular weight excluding hydrogens is 843 g/mol. The minimum Gasteiger partial charge on any atom is -0.394 e. The Morgan fingerprint density at radius 2 is 0.594 bits per heavy atom. The number of hydrogen-bond acceptors (Lipinski definition) is 3. The van der Waals surface area contributed by atoms with Gasteiger partial charge in [0.05, 0.1) is 18.8 Å². The molecule has 0 spiro atoms. The number of nitrogens with one attached hydrogen (secondary N) is 1. The molecule has 1 amide bonds. The summed E-state index contributed by atoms with van der Waals surface area (Å²) in [7, 11) is 0. The summed E-state index contributed by atoms with van der Waals surface area (Å²) in [4.78, 5) is 12.5. The normalized spacial score (nSPS) is 12.9. The molecule has 2 unspecified atom stereocenters. The van der Waals surface area contributed by atoms with Crippen molar-refractivity contribution in [2.24, 2.45) is 0 Å². The van der Waals surface area contributed by atoms with E-state index >= 15 is 0 Å². The van der Waals surface area contributed by atoms with E-state index in [1.807, 2.05) is 6.08 Å². The van der Waals surface area contributed by atoms with Crippen molar-refractivity contribution >= 4 is 5.91 Å². The van der Waals surface area contributed by atoms with Gasteiger partial charge in [0.25, 0.3) is 0 Å². The molecule has 4 heteroatoms. The predicted molar refractivity (Wildman–Crippen MR) is 308 cm³/mol. The number of amides is 1. The summed E-state index contributed by atoms with van der Waals surface area (Å²) in [5.41, 5.74) is 0. The van der Waals surface area contributed by atoms with E-state index in [9.17, 15) is 15.0 Å². The fourth-order valence-electron chi connectivity index (χ4n) is 10.0. The fraction of sp³-hybridized carbons (Fsp3) is 0.892. The standard InChI is InChI=1S/C65H125NO3/c1-3-5-7-9-11-13-15-17-19-21-23-25-27-29-31-32-33-35-36-38-40-42-44-46-48-50-52-54-56-58-60-64(68)63(62-67)66-65(69)61-59-57-55-53-51-49-47-45-43-41-39-37-34-30-28-26-24-22-20-18-16-14-12-10-8-6-4-2/h16,18,22,24,58,60,63-64,67-68H,3-15,17,19-21,23,25-57,59,61-62H2,1-2H3,(H,66,69)/b18-16-,24-22-,60-58+. The zero-order valence-electron chi connectivity index (χ0n) is 47.1. The molecule has 4 nitrogen and oxygen atoms in total. The molecule has 0 rings (SSSR count). The molecule has 0 bridgehead atoms. The molecule has 0 aromatic rings. The van der Waals surface area contributed by atoms with Crippen molar-refractivity contribution in [1.82, 2.24) is 5.32 Å². The monoisotopic (exact) mass is 968 g/mol. The number of hydrogen-bond donors (Lipinski definition) is 3. The number of carbonyl (C=O) groups is 1. The van der Waals surface area contributed by atoms with Crippen molar-refractivity contribution in [3.8, 4) is 0 Å². The Kier molecular flexibility index (Phi) is 59.7. The average Bonchev–Trinajstić information content (AvgIpc) is 3.35. The van der Waals surface area contributed by atoms with Crippen LogP contribution < -0.4 is 5.32 Å². The lowest BCUT2D eigenvalue weighted by molar-refractivity contribution is -0.123. The summed E-state index contributed by atoms with van der Waals surface area (Å²) in [6, 6.07) is -0.623. The SMILES string of the molecule is CCCCCCC/C=C\C/C=C\CCCCCCCCCCCCCCCCCC(=O)NC(CO)C(O)/C=C/CCCCCCCCCCCCCCCCCCCCCCCCCCCCCC. The Hall–Kier alpha value is -1.39. The molecule has 0 saturated heterocycles. The molecule has 408 valence electrons. The molecule has 3 N–H and O–H groups in total. The van der Waals surface area contributed by atoms with Crippen LogP contribution in [0.2, 0.25) is 0 Å². The molecule has 0 heterocycles. The van der Waals surface area contributed by atoms with Crippen LogP contribution in [0.4, 0.5) is 0 Å². The van der Waals surface area contributed by atoms with Crippen LogP contribution in [-0.2, 0) is 4.79 Å². The van der Waals surface area contributed by atoms with Gasteiger partial charge in [-0.25, -0.2) is 0 Å². The van der Waals surface area contributed by atoms with Gasteiger partial charge in [-0.15, -0.1) is 0 Å². The predicted octanol–water partition coefficient (Wildman–Crippen LogP) is 21.2. The Morgan fingerprint density at radius 1 is 0.348 bits per heavy atom. The zero-order chi connectivity index (χ0) is 49.9. The van der Waals surface area contributed by atoms with Gasteiger partial charge in [0, 0.05) is 6.42 Å². The Balaban J connectivity index is 3.44. The van der Waals surface area contributed by atoms with E-state index in [1.165, 1.54) is 302 Å². The maximum atomic E-state index is 12.5. The van der Waals surface area contributed by atoms with E-state index in [2.05, 4.69) is 43.5 Å². The van der Waals surface area contributed by atoms with Gasteiger partial charge in [-0.3, -0.25) is 4.79 Å². The van der Waals surface area contributed by atoms with Crippen LogP contribution in [0.25, 0.3) is 0 Å². The molecule has 0 fully saturated rings. The molecule has 0 radical (unpaired) electrons. The van der Waals surface area contributed by atoms with Crippen molar-refractivity contribution in [3.63, 3.8) is 0 Å². The molecular formula is C65H125NO3. The topological polar surface area (TPSA) is 69.6 Å². The number of aliphatic hydroxyl groups is 2. The first-order chi connectivity index (χ1) is 34.2. The first-order valence-corrected chi connectivity index (χ1v) is 31.7. The van der Waals surface area contributed by atoms with Gasteiger partial charge >= 0.3 is 0 Å². The minimum absolute atomic E-state index is 0.0585. The molecule has 0 saturated carbocycles. The lowest BCUT2D eigenvalue weighted by Crippen LogP contribution is -2.45. The number of carbonyl (C=O) groups excluding carboxylic acids is 1. The van der Waals surface area contributed by atoms with Crippen molar-refractivity contribution in [2.45, 2.75) is 366 Å². The molecule has 0 aliphatic rings. The highest BCUT2D eigenvalue weighted by Gasteiger charge is 2.18. The van der Waals surface area contributed by atoms with E-state index in [0.717, 1.165) is 32.1 Å². The largest absolute Gasteiger partial charge is 0.394 e. The smallest absolute Gasteiger partial charge is 0.220 e. The maximum absolute atomic E-state index is 12.5. The third-order valence-electron chi connectivity index (χ3n) is 14.9. The second kappa shape index (κ2) is 60.9. The third-order valence-corrected chi connectivity index (χ3v) is 14.9. The highest BCUT2D eigenvalue weighted by atomic mass is 16.3. The second-order valence-electron chi connectivity index (χ2n) is 21.8. The molecule has 69 heavy (non-hydrogen) atoms. The van der Waals surface area contributed by atoms with Crippen LogP contribution in [0, 0.1) is 0 Å². The van der Waals surface area contributed by atoms with Gasteiger partial charge < -0.3 is 15.5 Å². The highest BCUT2D eigenvalue weighted by molar-refractivity contribution is 5.76. The van der Waals surface area contributed by atoms with Gasteiger partial charge in [0.15, 0.2) is 0 Å². The molecule has 0 aromatic carbocycles. The molecule has 0 aromatic heterocycles. The summed E-state index contributed by atoms with van der Waals surface area (Å²) in [5, 5.41) is 23.3. The Morgan fingerprint density at radius 3 is 0.870 bits per heavy atom. The Labute approximate surface area is 433 Å². The van der Waals surface area contributed by atoms with Crippen LogP contribution >= 0.6 is 0 Å². The zero-order valence-corrected chi connectivity index (χ0v) is 47.1. The molecule has 0 aliphatic carbocycles. The number of allylic oxidation sites excluding steroid dienone is 5. The van der Waals surface area contributed by atoms with Crippen LogP contribution in [-0.4, -0.2) is 34.9 Å². The van der Waals surface area contributed by atoms with Crippen LogP contribution in [0.15, 0.2) is 36.5 Å². The highest BCUT2D eigenvalue weighted by Crippen LogP contribution is 2.18. The van der Waals surface area contributed by atoms with Gasteiger partial charge in [-0.05, 0) is 51.4 Å². The number of unbranched alkanes of at least 4 members (excludes halogenated alkanes) is 48. The number of rotatable bonds is 59. The van der Waals surface area contributed by atoms with E-state index in [4.69, 9.17) is 0 Å². The second-order valence-corrected chi connectivity index (χ2v) is 21.8. The number of aliphatic hydroxyl groups excluding tert-OH is 2. The van der Waals surface area contributed by atoms with Gasteiger partial charge in [0.2, 0.25) is 5.91 Å². The van der Waals surface area contributed by atoms with Gasteiger partial charge in [-0.1, -0.05) is 333 Å². The summed E-state index contributed by atoms with van der Waals surface area (Å²) in [6.45, 7) is 4.34. The van der Waals surface area contributed by atoms with Crippen LogP contribution in [0.5, 0.6) is 0 Å². The molecule has 2 atom stereocenters. The fourth-order valence-corrected chi connectivity index (χ4v) is 10.0. The summed E-state index contributed by atoms with van der Waals surface area (Å²) >= 11 is 0. The van der Waals surface area contributed by atoms with Gasteiger partial charge in [-0.2, -0.15) is 0 Å². The van der Waals surface area contributed by atoms with Gasteiger partial charge in [0.1, 0.15) is 0 Å². The van der Waals surface area contributed by atoms with E-state index < -0.39 is 12.1 Å². The lowest BCUT2D eigenvalue weighted by atomic mass is 10.0. The maximum Gasteiger partial charge on any atom is 0.220 e. The summed E-state index contributed by atoms with van der Waals surface area (Å²) in [5.74, 6) is -0.0585. The quantitative estimate of drug-likeness (QED) is 0.0420. The van der Waals surface area contributed by atoms with Crippen molar-refractivity contribution in [1.29, 1.82) is 0 Å². The third kappa shape index (κ3) is 57.4. The van der Waals surface area contributed by atoms with E-state index in [-0.39, 0.29) is 12.5 Å². The average molecular weight is 969 g/mol. The Bertz CT molecular complexity index is 1050. The van der Waals surface area contributed by atoms with Crippen molar-refractivity contribution in [2.75, 3.05) is 6.61 Å². The summed E-state index contributed by atoms with van der Waals surface area (Å²) in [6.07, 6.45) is 83.4. The molecule has 0 aliphatic heterocycles. The van der Waals surface area contributed by atoms with Crippen molar-refractivity contribution in [3.05, 3.63) is 36.5 Å². The van der Waals surface area contributed by atoms with Crippen LogP contribution in [0.1, 0.15) is 354 Å².